The molecule has 0 bridgehead atoms. The maximum absolute atomic E-state index is 13.1. The lowest BCUT2D eigenvalue weighted by Crippen LogP contribution is -2.25. The third-order valence-corrected chi connectivity index (χ3v) is 4.79. The van der Waals surface area contributed by atoms with Gasteiger partial charge in [0, 0.05) is 18.1 Å². The lowest BCUT2D eigenvalue weighted by Gasteiger charge is -2.08. The van der Waals surface area contributed by atoms with Crippen LogP contribution in [0, 0.1) is 0 Å². The predicted octanol–water partition coefficient (Wildman–Crippen LogP) is 3.87. The van der Waals surface area contributed by atoms with E-state index >= 15 is 0 Å². The van der Waals surface area contributed by atoms with E-state index in [1.165, 1.54) is 0 Å². The first kappa shape index (κ1) is 17.2. The number of thiophene rings is 1. The summed E-state index contributed by atoms with van der Waals surface area (Å²) in [6.45, 7) is 0.357. The fourth-order valence-electron chi connectivity index (χ4n) is 2.50. The van der Waals surface area contributed by atoms with E-state index in [1.54, 1.807) is 0 Å². The van der Waals surface area contributed by atoms with Crippen molar-refractivity contribution in [2.75, 3.05) is 12.3 Å². The molecule has 0 saturated carbocycles. The maximum atomic E-state index is 13.1. The minimum Gasteiger partial charge on any atom is -0.397 e. The van der Waals surface area contributed by atoms with Crippen LogP contribution in [0.5, 0.6) is 0 Å². The fraction of sp³-hybridized carbons (Fsp3) is 0.176. The molecule has 2 aromatic heterocycles. The molecule has 0 radical (unpaired) electrons. The van der Waals surface area contributed by atoms with Crippen LogP contribution in [-0.2, 0) is 12.6 Å². The summed E-state index contributed by atoms with van der Waals surface area (Å²) < 4.78 is 39.4. The quantitative estimate of drug-likeness (QED) is 0.737. The number of fused-ring (bicyclic) bond motifs is 1. The molecule has 8 heteroatoms. The third-order valence-electron chi connectivity index (χ3n) is 3.68. The molecular formula is C17H14F3N3OS. The highest BCUT2D eigenvalue weighted by Crippen LogP contribution is 2.41. The Labute approximate surface area is 145 Å². The van der Waals surface area contributed by atoms with E-state index in [4.69, 9.17) is 5.73 Å². The second-order valence-electron chi connectivity index (χ2n) is 5.37. The number of carbonyl (C=O) groups excluding carboxylic acids is 1. The van der Waals surface area contributed by atoms with Crippen LogP contribution < -0.4 is 11.1 Å². The summed E-state index contributed by atoms with van der Waals surface area (Å²) in [5.41, 5.74) is 5.82. The average Bonchev–Trinajstić information content (AvgIpc) is 2.92. The first-order valence-electron chi connectivity index (χ1n) is 7.44. The van der Waals surface area contributed by atoms with Crippen LogP contribution >= 0.6 is 11.3 Å². The molecule has 0 aliphatic heterocycles. The van der Waals surface area contributed by atoms with Gasteiger partial charge in [-0.2, -0.15) is 13.2 Å². The minimum absolute atomic E-state index is 0.0484. The number of nitrogens with zero attached hydrogens (tertiary/aromatic N) is 1. The molecule has 1 amide bonds. The summed E-state index contributed by atoms with van der Waals surface area (Å²) in [5.74, 6) is -0.496. The largest absolute Gasteiger partial charge is 0.417 e. The Morgan fingerprint density at radius 2 is 1.92 bits per heavy atom. The lowest BCUT2D eigenvalue weighted by atomic mass is 10.1. The number of nitrogens with one attached hydrogen (secondary N) is 1. The van der Waals surface area contributed by atoms with Crippen molar-refractivity contribution in [1.82, 2.24) is 10.3 Å². The molecule has 0 unspecified atom stereocenters. The first-order chi connectivity index (χ1) is 11.9. The van der Waals surface area contributed by atoms with Gasteiger partial charge in [-0.1, -0.05) is 30.3 Å². The van der Waals surface area contributed by atoms with Crippen LogP contribution in [0.1, 0.15) is 20.8 Å². The number of benzene rings is 1. The van der Waals surface area contributed by atoms with E-state index in [9.17, 15) is 18.0 Å². The molecule has 25 heavy (non-hydrogen) atoms. The molecule has 0 spiro atoms. The van der Waals surface area contributed by atoms with Gasteiger partial charge in [-0.3, -0.25) is 4.79 Å². The molecule has 0 aliphatic carbocycles. The zero-order chi connectivity index (χ0) is 18.0. The SMILES string of the molecule is Nc1c(C(=O)NCCc2ccccc2)sc2nccc(C(F)(F)F)c12. The Bertz CT molecular complexity index is 907. The Kier molecular flexibility index (Phi) is 4.63. The fourth-order valence-corrected chi connectivity index (χ4v) is 3.50. The molecule has 0 atom stereocenters. The number of pyridine rings is 1. The Morgan fingerprint density at radius 3 is 2.60 bits per heavy atom. The zero-order valence-corrected chi connectivity index (χ0v) is 13.7. The van der Waals surface area contributed by atoms with Crippen molar-refractivity contribution in [1.29, 1.82) is 0 Å². The summed E-state index contributed by atoms with van der Waals surface area (Å²) in [6, 6.07) is 10.4. The molecule has 1 aromatic carbocycles. The number of aromatic nitrogens is 1. The van der Waals surface area contributed by atoms with Crippen molar-refractivity contribution >= 4 is 33.1 Å². The van der Waals surface area contributed by atoms with E-state index in [1.807, 2.05) is 30.3 Å². The van der Waals surface area contributed by atoms with Crippen molar-refractivity contribution in [3.05, 3.63) is 58.6 Å². The van der Waals surface area contributed by atoms with Gasteiger partial charge in [0.15, 0.2) is 0 Å². The highest BCUT2D eigenvalue weighted by Gasteiger charge is 2.35. The zero-order valence-electron chi connectivity index (χ0n) is 12.9. The molecule has 2 heterocycles. The van der Waals surface area contributed by atoms with Crippen LogP contribution in [-0.4, -0.2) is 17.4 Å². The summed E-state index contributed by atoms with van der Waals surface area (Å²) >= 11 is 0.860. The van der Waals surface area contributed by atoms with Gasteiger partial charge in [-0.25, -0.2) is 4.98 Å². The van der Waals surface area contributed by atoms with E-state index in [-0.39, 0.29) is 20.8 Å². The lowest BCUT2D eigenvalue weighted by molar-refractivity contribution is -0.136. The number of rotatable bonds is 4. The number of alkyl halides is 3. The standard InChI is InChI=1S/C17H14F3N3OS/c18-17(19,20)11-7-9-23-16-12(11)13(21)14(25-16)15(24)22-8-6-10-4-2-1-3-5-10/h1-5,7,9H,6,8,21H2,(H,22,24). The number of halogens is 3. The number of hydrogen-bond acceptors (Lipinski definition) is 4. The molecular weight excluding hydrogens is 351 g/mol. The predicted molar refractivity (Wildman–Crippen MR) is 91.5 cm³/mol. The minimum atomic E-state index is -4.56. The second-order valence-corrected chi connectivity index (χ2v) is 6.37. The van der Waals surface area contributed by atoms with Gasteiger partial charge in [0.25, 0.3) is 5.91 Å². The highest BCUT2D eigenvalue weighted by atomic mass is 32.1. The van der Waals surface area contributed by atoms with Crippen LogP contribution in [0.25, 0.3) is 10.2 Å². The van der Waals surface area contributed by atoms with E-state index < -0.39 is 17.6 Å². The van der Waals surface area contributed by atoms with E-state index in [0.29, 0.717) is 13.0 Å². The van der Waals surface area contributed by atoms with Crippen LogP contribution in [0.2, 0.25) is 0 Å². The van der Waals surface area contributed by atoms with Gasteiger partial charge >= 0.3 is 6.18 Å². The smallest absolute Gasteiger partial charge is 0.397 e. The van der Waals surface area contributed by atoms with Crippen molar-refractivity contribution in [3.8, 4) is 0 Å². The van der Waals surface area contributed by atoms with Gasteiger partial charge in [-0.15, -0.1) is 11.3 Å². The van der Waals surface area contributed by atoms with E-state index in [2.05, 4.69) is 10.3 Å². The first-order valence-corrected chi connectivity index (χ1v) is 8.26. The van der Waals surface area contributed by atoms with Crippen LogP contribution in [0.3, 0.4) is 0 Å². The summed E-state index contributed by atoms with van der Waals surface area (Å²) in [5, 5.41) is 2.48. The number of carbonyl (C=O) groups is 1. The Balaban J connectivity index is 1.81. The van der Waals surface area contributed by atoms with Gasteiger partial charge in [0.1, 0.15) is 9.71 Å². The maximum Gasteiger partial charge on any atom is 0.417 e. The topological polar surface area (TPSA) is 68.0 Å². The van der Waals surface area contributed by atoms with Crippen molar-refractivity contribution in [3.63, 3.8) is 0 Å². The number of nitrogen functional groups attached to an aromatic ring is 1. The monoisotopic (exact) mass is 365 g/mol. The van der Waals surface area contributed by atoms with Crippen LogP contribution in [0.15, 0.2) is 42.6 Å². The Hall–Kier alpha value is -2.61. The molecule has 4 nitrogen and oxygen atoms in total. The van der Waals surface area contributed by atoms with Crippen LogP contribution in [0.4, 0.5) is 18.9 Å². The molecule has 3 rings (SSSR count). The normalized spacial score (nSPS) is 11.6. The molecule has 3 N–H and O–H groups in total. The Morgan fingerprint density at radius 1 is 1.20 bits per heavy atom. The molecule has 130 valence electrons. The highest BCUT2D eigenvalue weighted by molar-refractivity contribution is 7.21. The average molecular weight is 365 g/mol. The molecule has 0 fully saturated rings. The number of nitrogens with two attached hydrogens (primary N) is 1. The van der Waals surface area contributed by atoms with Gasteiger partial charge in [0.2, 0.25) is 0 Å². The van der Waals surface area contributed by atoms with Gasteiger partial charge in [-0.05, 0) is 18.1 Å². The third kappa shape index (κ3) is 3.58. The summed E-state index contributed by atoms with van der Waals surface area (Å²) in [7, 11) is 0. The molecule has 0 aliphatic rings. The molecule has 3 aromatic rings. The number of hydrogen-bond donors (Lipinski definition) is 2. The summed E-state index contributed by atoms with van der Waals surface area (Å²) in [4.78, 5) is 16.3. The van der Waals surface area contributed by atoms with Gasteiger partial charge < -0.3 is 11.1 Å². The molecule has 0 saturated heterocycles. The number of anilines is 1. The van der Waals surface area contributed by atoms with Crippen molar-refractivity contribution in [2.24, 2.45) is 0 Å². The van der Waals surface area contributed by atoms with Crippen molar-refractivity contribution < 1.29 is 18.0 Å². The van der Waals surface area contributed by atoms with E-state index in [0.717, 1.165) is 29.2 Å². The summed E-state index contributed by atoms with van der Waals surface area (Å²) in [6.07, 6.45) is -2.88. The van der Waals surface area contributed by atoms with Gasteiger partial charge in [0.05, 0.1) is 11.3 Å². The van der Waals surface area contributed by atoms with Crippen molar-refractivity contribution in [2.45, 2.75) is 12.6 Å². The second kappa shape index (κ2) is 6.72. The number of amides is 1.